The van der Waals surface area contributed by atoms with Crippen molar-refractivity contribution in [3.63, 3.8) is 0 Å². The number of rotatable bonds is 8. The molecule has 2 aromatic carbocycles. The molecular formula is C23H27NO2S. The number of nitrogens with one attached hydrogen (secondary N) is 1. The first kappa shape index (κ1) is 19.6. The molecule has 0 spiro atoms. The molecule has 0 aromatic heterocycles. The van der Waals surface area contributed by atoms with E-state index in [1.807, 2.05) is 72.4 Å². The molecule has 0 bridgehead atoms. The van der Waals surface area contributed by atoms with Gasteiger partial charge in [-0.3, -0.25) is 4.79 Å². The van der Waals surface area contributed by atoms with Gasteiger partial charge in [-0.15, -0.1) is 0 Å². The molecule has 1 aliphatic carbocycles. The average molecular weight is 382 g/mol. The zero-order valence-electron chi connectivity index (χ0n) is 15.8. The molecule has 0 aliphatic heterocycles. The van der Waals surface area contributed by atoms with Crippen LogP contribution in [0.1, 0.15) is 36.8 Å². The SMILES string of the molecule is COc1ccc(/C=C(/C(=O)NCCSC2CCCC2)c2ccccc2)cc1. The molecule has 0 atom stereocenters. The lowest BCUT2D eigenvalue weighted by atomic mass is 10.0. The van der Waals surface area contributed by atoms with Crippen LogP contribution in [0.15, 0.2) is 54.6 Å². The first-order valence-electron chi connectivity index (χ1n) is 9.57. The van der Waals surface area contributed by atoms with Gasteiger partial charge in [0.2, 0.25) is 0 Å². The molecule has 0 radical (unpaired) electrons. The molecule has 3 nitrogen and oxygen atoms in total. The number of amides is 1. The summed E-state index contributed by atoms with van der Waals surface area (Å²) in [7, 11) is 1.65. The monoisotopic (exact) mass is 381 g/mol. The summed E-state index contributed by atoms with van der Waals surface area (Å²) < 4.78 is 5.21. The van der Waals surface area contributed by atoms with E-state index in [1.165, 1.54) is 25.7 Å². The van der Waals surface area contributed by atoms with Crippen molar-refractivity contribution < 1.29 is 9.53 Å². The summed E-state index contributed by atoms with van der Waals surface area (Å²) in [6, 6.07) is 17.6. The number of benzene rings is 2. The fraction of sp³-hybridized carbons (Fsp3) is 0.348. The smallest absolute Gasteiger partial charge is 0.251 e. The second kappa shape index (κ2) is 10.2. The minimum Gasteiger partial charge on any atom is -0.497 e. The van der Waals surface area contributed by atoms with Crippen LogP contribution >= 0.6 is 11.8 Å². The molecule has 0 heterocycles. The third kappa shape index (κ3) is 5.90. The standard InChI is InChI=1S/C23H27NO2S/c1-26-20-13-11-18(12-14-20)17-22(19-7-3-2-4-8-19)23(25)24-15-16-27-21-9-5-6-10-21/h2-4,7-8,11-14,17,21H,5-6,9-10,15-16H2,1H3,(H,24,25)/b22-17+. The maximum absolute atomic E-state index is 12.9. The lowest BCUT2D eigenvalue weighted by Crippen LogP contribution is -2.27. The van der Waals surface area contributed by atoms with Gasteiger partial charge in [0, 0.05) is 23.1 Å². The lowest BCUT2D eigenvalue weighted by molar-refractivity contribution is -0.115. The summed E-state index contributed by atoms with van der Waals surface area (Å²) >= 11 is 1.99. The third-order valence-corrected chi connectivity index (χ3v) is 6.18. The van der Waals surface area contributed by atoms with Gasteiger partial charge >= 0.3 is 0 Å². The molecule has 1 N–H and O–H groups in total. The van der Waals surface area contributed by atoms with Crippen molar-refractivity contribution in [1.29, 1.82) is 0 Å². The Morgan fingerprint density at radius 2 is 1.81 bits per heavy atom. The molecule has 3 rings (SSSR count). The molecule has 4 heteroatoms. The van der Waals surface area contributed by atoms with E-state index in [0.29, 0.717) is 12.1 Å². The molecule has 27 heavy (non-hydrogen) atoms. The van der Waals surface area contributed by atoms with Gasteiger partial charge in [0.25, 0.3) is 5.91 Å². The van der Waals surface area contributed by atoms with Crippen LogP contribution in [0, 0.1) is 0 Å². The van der Waals surface area contributed by atoms with E-state index in [4.69, 9.17) is 4.74 Å². The van der Waals surface area contributed by atoms with Crippen molar-refractivity contribution in [1.82, 2.24) is 5.32 Å². The Morgan fingerprint density at radius 1 is 1.11 bits per heavy atom. The van der Waals surface area contributed by atoms with Crippen LogP contribution in [-0.2, 0) is 4.79 Å². The Morgan fingerprint density at radius 3 is 2.48 bits per heavy atom. The molecule has 1 fully saturated rings. The van der Waals surface area contributed by atoms with Gasteiger partial charge in [-0.1, -0.05) is 55.3 Å². The van der Waals surface area contributed by atoms with E-state index in [-0.39, 0.29) is 5.91 Å². The van der Waals surface area contributed by atoms with Gasteiger partial charge in [-0.05, 0) is 42.2 Å². The maximum Gasteiger partial charge on any atom is 0.251 e. The fourth-order valence-corrected chi connectivity index (χ4v) is 4.52. The molecule has 1 amide bonds. The predicted octanol–water partition coefficient (Wildman–Crippen LogP) is 5.03. The zero-order chi connectivity index (χ0) is 18.9. The Labute approximate surface area is 166 Å². The quantitative estimate of drug-likeness (QED) is 0.396. The number of carbonyl (C=O) groups is 1. The average Bonchev–Trinajstić information content (AvgIpc) is 3.24. The van der Waals surface area contributed by atoms with Gasteiger partial charge in [-0.2, -0.15) is 11.8 Å². The van der Waals surface area contributed by atoms with Gasteiger partial charge in [0.1, 0.15) is 5.75 Å². The third-order valence-electron chi connectivity index (χ3n) is 4.80. The topological polar surface area (TPSA) is 38.3 Å². The van der Waals surface area contributed by atoms with Crippen LogP contribution in [0.3, 0.4) is 0 Å². The molecule has 142 valence electrons. The number of methoxy groups -OCH3 is 1. The zero-order valence-corrected chi connectivity index (χ0v) is 16.6. The summed E-state index contributed by atoms with van der Waals surface area (Å²) in [5.41, 5.74) is 2.59. The van der Waals surface area contributed by atoms with Gasteiger partial charge in [-0.25, -0.2) is 0 Å². The number of ether oxygens (including phenoxy) is 1. The highest BCUT2D eigenvalue weighted by molar-refractivity contribution is 7.99. The summed E-state index contributed by atoms with van der Waals surface area (Å²) in [6.45, 7) is 0.701. The van der Waals surface area contributed by atoms with E-state index in [1.54, 1.807) is 7.11 Å². The van der Waals surface area contributed by atoms with E-state index < -0.39 is 0 Å². The molecule has 2 aromatic rings. The second-order valence-corrected chi connectivity index (χ2v) is 8.14. The number of hydrogen-bond acceptors (Lipinski definition) is 3. The second-order valence-electron chi connectivity index (χ2n) is 6.73. The first-order valence-corrected chi connectivity index (χ1v) is 10.6. The van der Waals surface area contributed by atoms with Crippen LogP contribution in [0.25, 0.3) is 11.6 Å². The number of hydrogen-bond donors (Lipinski definition) is 1. The number of thioether (sulfide) groups is 1. The summed E-state index contributed by atoms with van der Waals surface area (Å²) in [4.78, 5) is 12.9. The van der Waals surface area contributed by atoms with Crippen molar-refractivity contribution >= 4 is 29.3 Å². The fourth-order valence-electron chi connectivity index (χ4n) is 3.30. The van der Waals surface area contributed by atoms with E-state index in [2.05, 4.69) is 5.32 Å². The Kier molecular flexibility index (Phi) is 7.40. The van der Waals surface area contributed by atoms with Crippen molar-refractivity contribution in [2.45, 2.75) is 30.9 Å². The van der Waals surface area contributed by atoms with Crippen LogP contribution < -0.4 is 10.1 Å². The summed E-state index contributed by atoms with van der Waals surface area (Å²) in [6.07, 6.45) is 7.30. The Bertz CT molecular complexity index is 750. The minimum atomic E-state index is -0.0240. The molecule has 1 aliphatic rings. The Hall–Kier alpha value is -2.20. The van der Waals surface area contributed by atoms with Crippen molar-refractivity contribution in [2.75, 3.05) is 19.4 Å². The van der Waals surface area contributed by atoms with Crippen LogP contribution in [0.5, 0.6) is 5.75 Å². The maximum atomic E-state index is 12.9. The van der Waals surface area contributed by atoms with Crippen LogP contribution in [0.2, 0.25) is 0 Å². The summed E-state index contributed by atoms with van der Waals surface area (Å²) in [5.74, 6) is 1.76. The normalized spacial score (nSPS) is 14.9. The van der Waals surface area contributed by atoms with Gasteiger partial charge in [0.15, 0.2) is 0 Å². The largest absolute Gasteiger partial charge is 0.497 e. The van der Waals surface area contributed by atoms with Crippen LogP contribution in [0.4, 0.5) is 0 Å². The highest BCUT2D eigenvalue weighted by Gasteiger charge is 2.16. The molecule has 0 unspecified atom stereocenters. The van der Waals surface area contributed by atoms with Crippen molar-refractivity contribution in [3.05, 3.63) is 65.7 Å². The van der Waals surface area contributed by atoms with E-state index >= 15 is 0 Å². The summed E-state index contributed by atoms with van der Waals surface area (Å²) in [5, 5.41) is 3.88. The molecule has 0 saturated heterocycles. The van der Waals surface area contributed by atoms with Crippen molar-refractivity contribution in [3.8, 4) is 5.75 Å². The van der Waals surface area contributed by atoms with E-state index in [0.717, 1.165) is 27.9 Å². The predicted molar refractivity (Wildman–Crippen MR) is 115 cm³/mol. The van der Waals surface area contributed by atoms with E-state index in [9.17, 15) is 4.79 Å². The lowest BCUT2D eigenvalue weighted by Gasteiger charge is -2.12. The highest BCUT2D eigenvalue weighted by Crippen LogP contribution is 2.29. The Balaban J connectivity index is 1.67. The minimum absolute atomic E-state index is 0.0240. The molecular weight excluding hydrogens is 354 g/mol. The van der Waals surface area contributed by atoms with Crippen LogP contribution in [-0.4, -0.2) is 30.6 Å². The van der Waals surface area contributed by atoms with Gasteiger partial charge in [0.05, 0.1) is 7.11 Å². The first-order chi connectivity index (χ1) is 13.3. The molecule has 1 saturated carbocycles. The number of carbonyl (C=O) groups excluding carboxylic acids is 1. The van der Waals surface area contributed by atoms with Gasteiger partial charge < -0.3 is 10.1 Å². The highest BCUT2D eigenvalue weighted by atomic mass is 32.2. The van der Waals surface area contributed by atoms with Crippen molar-refractivity contribution in [2.24, 2.45) is 0 Å².